The lowest BCUT2D eigenvalue weighted by Gasteiger charge is -2.41. The zero-order valence-corrected chi connectivity index (χ0v) is 24.2. The summed E-state index contributed by atoms with van der Waals surface area (Å²) in [5, 5.41) is 12.5. The summed E-state index contributed by atoms with van der Waals surface area (Å²) >= 11 is 1.66. The topological polar surface area (TPSA) is 99.2 Å². The fraction of sp³-hybridized carbons (Fsp3) is 0.364. The average Bonchev–Trinajstić information content (AvgIpc) is 3.55. The Kier molecular flexibility index (Phi) is 8.22. The molecule has 3 aromatic rings. The molecular weight excluding hydrogens is 550 g/mol. The van der Waals surface area contributed by atoms with Crippen LogP contribution in [0.5, 0.6) is 0 Å². The van der Waals surface area contributed by atoms with Crippen LogP contribution in [0.4, 0.5) is 4.79 Å². The van der Waals surface area contributed by atoms with Crippen molar-refractivity contribution in [3.05, 3.63) is 95.6 Å². The first-order valence-electron chi connectivity index (χ1n) is 14.4. The third kappa shape index (κ3) is 5.76. The van der Waals surface area contributed by atoms with Crippen LogP contribution in [0.25, 0.3) is 11.1 Å². The van der Waals surface area contributed by atoms with Gasteiger partial charge in [-0.15, -0.1) is 0 Å². The van der Waals surface area contributed by atoms with E-state index >= 15 is 0 Å². The van der Waals surface area contributed by atoms with E-state index in [1.807, 2.05) is 54.6 Å². The fourth-order valence-electron chi connectivity index (χ4n) is 6.59. The Hall–Kier alpha value is -3.82. The number of likely N-dealkylation sites (tertiary alicyclic amines) is 1. The highest BCUT2D eigenvalue weighted by molar-refractivity contribution is 7.99. The number of alkyl carbamates (subject to hydrolysis) is 1. The van der Waals surface area contributed by atoms with E-state index in [1.54, 1.807) is 16.7 Å². The number of aliphatic carboxylic acids is 1. The predicted molar refractivity (Wildman–Crippen MR) is 162 cm³/mol. The molecule has 1 aliphatic carbocycles. The number of rotatable bonds is 8. The van der Waals surface area contributed by atoms with Crippen molar-refractivity contribution in [3.63, 3.8) is 0 Å². The van der Waals surface area contributed by atoms with Gasteiger partial charge in [-0.2, -0.15) is 11.8 Å². The van der Waals surface area contributed by atoms with Gasteiger partial charge in [0.05, 0.1) is 12.5 Å². The minimum atomic E-state index is -1.20. The average molecular weight is 586 g/mol. The fourth-order valence-corrected chi connectivity index (χ4v) is 7.66. The van der Waals surface area contributed by atoms with E-state index in [4.69, 9.17) is 4.74 Å². The summed E-state index contributed by atoms with van der Waals surface area (Å²) in [7, 11) is 0. The molecule has 0 saturated carbocycles. The van der Waals surface area contributed by atoms with Crippen LogP contribution in [-0.2, 0) is 20.9 Å². The molecule has 0 bridgehead atoms. The molecule has 218 valence electrons. The summed E-state index contributed by atoms with van der Waals surface area (Å²) in [5.74, 6) is 0.0461. The number of benzene rings is 3. The predicted octanol–water partition coefficient (Wildman–Crippen LogP) is 4.59. The van der Waals surface area contributed by atoms with Gasteiger partial charge in [-0.05, 0) is 34.2 Å². The number of hydrogen-bond acceptors (Lipinski definition) is 6. The summed E-state index contributed by atoms with van der Waals surface area (Å²) in [6.07, 6.45) is -0.326. The van der Waals surface area contributed by atoms with Crippen molar-refractivity contribution in [3.8, 4) is 11.1 Å². The minimum absolute atomic E-state index is 0.0907. The van der Waals surface area contributed by atoms with Gasteiger partial charge in [-0.25, -0.2) is 4.79 Å². The van der Waals surface area contributed by atoms with Crippen molar-refractivity contribution in [1.29, 1.82) is 0 Å². The van der Waals surface area contributed by atoms with Gasteiger partial charge < -0.3 is 20.1 Å². The SMILES string of the molecule is O=C(O)CC1CSCCN1C(=O)C1(NC(=O)OCC2c3ccccc3-c3ccccc32)CCN(Cc2ccccc2)C1. The number of nitrogens with zero attached hydrogens (tertiary/aromatic N) is 2. The van der Waals surface area contributed by atoms with Crippen molar-refractivity contribution in [1.82, 2.24) is 15.1 Å². The summed E-state index contributed by atoms with van der Waals surface area (Å²) in [4.78, 5) is 43.2. The lowest BCUT2D eigenvalue weighted by Crippen LogP contribution is -2.64. The van der Waals surface area contributed by atoms with E-state index in [-0.39, 0.29) is 24.9 Å². The summed E-state index contributed by atoms with van der Waals surface area (Å²) in [5.41, 5.74) is 4.46. The third-order valence-electron chi connectivity index (χ3n) is 8.59. The van der Waals surface area contributed by atoms with Gasteiger partial charge in [0.25, 0.3) is 0 Å². The standard InChI is InChI=1S/C33H35N3O5S/c37-30(38)18-24-21-42-17-16-36(24)31(39)33(14-15-35(22-33)19-23-8-2-1-3-9-23)34-32(40)41-20-29-27-12-6-4-10-25(27)26-11-5-7-13-28(26)29/h1-13,24,29H,14-22H2,(H,34,40)(H,37,38). The smallest absolute Gasteiger partial charge is 0.408 e. The Labute approximate surface area is 250 Å². The van der Waals surface area contributed by atoms with Gasteiger partial charge in [0.2, 0.25) is 5.91 Å². The van der Waals surface area contributed by atoms with Crippen LogP contribution in [0, 0.1) is 0 Å². The summed E-state index contributed by atoms with van der Waals surface area (Å²) in [6, 6.07) is 26.0. The van der Waals surface area contributed by atoms with Crippen LogP contribution in [-0.4, -0.2) is 82.2 Å². The molecule has 2 heterocycles. The second-order valence-electron chi connectivity index (χ2n) is 11.3. The van der Waals surface area contributed by atoms with Crippen molar-refractivity contribution < 1.29 is 24.2 Å². The number of hydrogen-bond donors (Lipinski definition) is 2. The maximum absolute atomic E-state index is 14.3. The van der Waals surface area contributed by atoms with E-state index in [1.165, 1.54) is 0 Å². The van der Waals surface area contributed by atoms with E-state index in [9.17, 15) is 19.5 Å². The highest BCUT2D eigenvalue weighted by atomic mass is 32.2. The number of ether oxygens (including phenoxy) is 1. The molecule has 2 unspecified atom stereocenters. The largest absolute Gasteiger partial charge is 0.481 e. The van der Waals surface area contributed by atoms with Crippen LogP contribution in [0.3, 0.4) is 0 Å². The Morgan fingerprint density at radius 1 is 0.929 bits per heavy atom. The zero-order valence-electron chi connectivity index (χ0n) is 23.4. The van der Waals surface area contributed by atoms with Gasteiger partial charge in [0, 0.05) is 43.6 Å². The maximum atomic E-state index is 14.3. The number of carboxylic acid groups (broad SMARTS) is 1. The minimum Gasteiger partial charge on any atom is -0.481 e. The summed E-state index contributed by atoms with van der Waals surface area (Å²) in [6.45, 7) is 2.20. The lowest BCUT2D eigenvalue weighted by molar-refractivity contribution is -0.143. The van der Waals surface area contributed by atoms with Gasteiger partial charge >= 0.3 is 12.1 Å². The monoisotopic (exact) mass is 585 g/mol. The van der Waals surface area contributed by atoms with E-state index in [2.05, 4.69) is 34.5 Å². The van der Waals surface area contributed by atoms with Crippen LogP contribution >= 0.6 is 11.8 Å². The van der Waals surface area contributed by atoms with Crippen LogP contribution in [0.15, 0.2) is 78.9 Å². The molecule has 0 radical (unpaired) electrons. The second kappa shape index (κ2) is 12.2. The molecule has 3 aliphatic rings. The molecule has 2 saturated heterocycles. The molecule has 2 amide bonds. The Bertz CT molecular complexity index is 1420. The molecule has 2 atom stereocenters. The summed E-state index contributed by atoms with van der Waals surface area (Å²) < 4.78 is 5.87. The number of carbonyl (C=O) groups excluding carboxylic acids is 2. The molecular formula is C33H35N3O5S. The van der Waals surface area contributed by atoms with Crippen molar-refractivity contribution in [2.45, 2.75) is 36.9 Å². The molecule has 2 N–H and O–H groups in total. The molecule has 0 aromatic heterocycles. The molecule has 2 aliphatic heterocycles. The number of thioether (sulfide) groups is 1. The van der Waals surface area contributed by atoms with Crippen LogP contribution in [0.1, 0.15) is 35.4 Å². The Morgan fingerprint density at radius 3 is 2.29 bits per heavy atom. The van der Waals surface area contributed by atoms with Crippen molar-refractivity contribution in [2.75, 3.05) is 37.7 Å². The van der Waals surface area contributed by atoms with Gasteiger partial charge in [-0.1, -0.05) is 78.9 Å². The normalized spacial score (nSPS) is 21.9. The van der Waals surface area contributed by atoms with Crippen LogP contribution < -0.4 is 5.32 Å². The molecule has 0 spiro atoms. The highest BCUT2D eigenvalue weighted by Crippen LogP contribution is 2.44. The number of nitrogens with one attached hydrogen (secondary N) is 1. The molecule has 6 rings (SSSR count). The molecule has 2 fully saturated rings. The number of carboxylic acids is 1. The molecule has 8 nitrogen and oxygen atoms in total. The quantitative estimate of drug-likeness (QED) is 0.399. The van der Waals surface area contributed by atoms with Gasteiger partial charge in [0.15, 0.2) is 0 Å². The van der Waals surface area contributed by atoms with E-state index in [0.717, 1.165) is 33.6 Å². The van der Waals surface area contributed by atoms with E-state index in [0.29, 0.717) is 38.4 Å². The van der Waals surface area contributed by atoms with Crippen molar-refractivity contribution >= 4 is 29.7 Å². The van der Waals surface area contributed by atoms with Crippen LogP contribution in [0.2, 0.25) is 0 Å². The van der Waals surface area contributed by atoms with Crippen molar-refractivity contribution in [2.24, 2.45) is 0 Å². The zero-order chi connectivity index (χ0) is 29.1. The number of carbonyl (C=O) groups is 3. The molecule has 9 heteroatoms. The second-order valence-corrected chi connectivity index (χ2v) is 12.5. The first kappa shape index (κ1) is 28.3. The maximum Gasteiger partial charge on any atom is 0.408 e. The van der Waals surface area contributed by atoms with Gasteiger partial charge in [-0.3, -0.25) is 14.5 Å². The lowest BCUT2D eigenvalue weighted by atomic mass is 9.95. The first-order chi connectivity index (χ1) is 20.4. The number of amides is 2. The number of fused-ring (bicyclic) bond motifs is 3. The molecule has 3 aromatic carbocycles. The first-order valence-corrected chi connectivity index (χ1v) is 15.6. The van der Waals surface area contributed by atoms with E-state index < -0.39 is 23.6 Å². The third-order valence-corrected chi connectivity index (χ3v) is 9.68. The Morgan fingerprint density at radius 2 is 1.60 bits per heavy atom. The highest BCUT2D eigenvalue weighted by Gasteiger charge is 2.50. The molecule has 42 heavy (non-hydrogen) atoms. The Balaban J connectivity index is 1.21. The van der Waals surface area contributed by atoms with Gasteiger partial charge in [0.1, 0.15) is 12.1 Å².